The molecule has 6 heteroatoms. The summed E-state index contributed by atoms with van der Waals surface area (Å²) in [5.74, 6) is 0.788. The zero-order chi connectivity index (χ0) is 15.6. The van der Waals surface area contributed by atoms with Crippen LogP contribution in [0.1, 0.15) is 37.2 Å². The fraction of sp³-hybridized carbons (Fsp3) is 0.500. The second kappa shape index (κ2) is 5.87. The third-order valence-electron chi connectivity index (χ3n) is 4.53. The van der Waals surface area contributed by atoms with Gasteiger partial charge in [0.15, 0.2) is 0 Å². The van der Waals surface area contributed by atoms with E-state index in [0.29, 0.717) is 19.3 Å². The molecule has 1 heterocycles. The zero-order valence-electron chi connectivity index (χ0n) is 12.4. The second-order valence-corrected chi connectivity index (χ2v) is 5.76. The molecule has 1 spiro atoms. The van der Waals surface area contributed by atoms with Crippen molar-refractivity contribution in [2.24, 2.45) is 5.16 Å². The number of carbonyl (C=O) groups is 1. The molecule has 1 aliphatic heterocycles. The van der Waals surface area contributed by atoms with Gasteiger partial charge in [0.05, 0.1) is 7.11 Å². The standard InChI is InChI=1S/C16H19NO5/c1-20-12-4-2-3-11(9-12)14-10-13(21-15(18)19)5-6-16(14)7-8-17-22-16/h2-4,8-9,13-14H,5-7,10H2,1H3,(H,18,19). The van der Waals surface area contributed by atoms with E-state index in [4.69, 9.17) is 19.4 Å². The van der Waals surface area contributed by atoms with E-state index >= 15 is 0 Å². The Morgan fingerprint density at radius 2 is 2.36 bits per heavy atom. The van der Waals surface area contributed by atoms with E-state index in [0.717, 1.165) is 17.7 Å². The van der Waals surface area contributed by atoms with Gasteiger partial charge in [-0.3, -0.25) is 0 Å². The first-order valence-electron chi connectivity index (χ1n) is 7.36. The fourth-order valence-corrected chi connectivity index (χ4v) is 3.45. The molecule has 3 unspecified atom stereocenters. The number of ether oxygens (including phenoxy) is 2. The number of nitrogens with zero attached hydrogens (tertiary/aromatic N) is 1. The number of benzene rings is 1. The van der Waals surface area contributed by atoms with E-state index in [-0.39, 0.29) is 12.0 Å². The van der Waals surface area contributed by atoms with Crippen molar-refractivity contribution >= 4 is 12.4 Å². The molecule has 3 rings (SSSR count). The van der Waals surface area contributed by atoms with Crippen LogP contribution in [0.3, 0.4) is 0 Å². The molecule has 1 aliphatic carbocycles. The Morgan fingerprint density at radius 1 is 1.50 bits per heavy atom. The Hall–Kier alpha value is -2.24. The third kappa shape index (κ3) is 2.73. The summed E-state index contributed by atoms with van der Waals surface area (Å²) in [4.78, 5) is 16.5. The van der Waals surface area contributed by atoms with Gasteiger partial charge in [0.1, 0.15) is 17.5 Å². The van der Waals surface area contributed by atoms with Crippen molar-refractivity contribution in [2.45, 2.75) is 43.3 Å². The molecule has 1 aromatic rings. The number of carboxylic acid groups (broad SMARTS) is 1. The minimum absolute atomic E-state index is 0.0169. The molecule has 0 aromatic heterocycles. The van der Waals surface area contributed by atoms with Crippen LogP contribution in [0, 0.1) is 0 Å². The molecule has 0 radical (unpaired) electrons. The average Bonchev–Trinajstić information content (AvgIpc) is 2.98. The van der Waals surface area contributed by atoms with Gasteiger partial charge >= 0.3 is 6.16 Å². The fourth-order valence-electron chi connectivity index (χ4n) is 3.45. The summed E-state index contributed by atoms with van der Waals surface area (Å²) in [7, 11) is 1.63. The van der Waals surface area contributed by atoms with Crippen LogP contribution in [0.5, 0.6) is 5.75 Å². The highest BCUT2D eigenvalue weighted by Crippen LogP contribution is 2.48. The lowest BCUT2D eigenvalue weighted by molar-refractivity contribution is -0.0895. The van der Waals surface area contributed by atoms with Crippen molar-refractivity contribution in [3.8, 4) is 5.75 Å². The van der Waals surface area contributed by atoms with Gasteiger partial charge in [0.25, 0.3) is 0 Å². The van der Waals surface area contributed by atoms with Crippen molar-refractivity contribution in [3.63, 3.8) is 0 Å². The topological polar surface area (TPSA) is 77.4 Å². The van der Waals surface area contributed by atoms with Crippen molar-refractivity contribution in [1.82, 2.24) is 0 Å². The van der Waals surface area contributed by atoms with E-state index in [1.807, 2.05) is 24.3 Å². The molecule has 1 saturated carbocycles. The second-order valence-electron chi connectivity index (χ2n) is 5.76. The first-order valence-corrected chi connectivity index (χ1v) is 7.36. The quantitative estimate of drug-likeness (QED) is 0.868. The molecule has 2 aliphatic rings. The Kier molecular flexibility index (Phi) is 3.92. The Bertz CT molecular complexity index is 578. The normalized spacial score (nSPS) is 30.0. The summed E-state index contributed by atoms with van der Waals surface area (Å²) in [5, 5.41) is 12.8. The lowest BCUT2D eigenvalue weighted by Crippen LogP contribution is -2.43. The SMILES string of the molecule is COc1cccc(C2CC(OC(=O)O)CCC23CC=NO3)c1. The molecular formula is C16H19NO5. The zero-order valence-corrected chi connectivity index (χ0v) is 12.4. The first-order chi connectivity index (χ1) is 10.6. The third-order valence-corrected chi connectivity index (χ3v) is 4.53. The predicted octanol–water partition coefficient (Wildman–Crippen LogP) is 3.17. The van der Waals surface area contributed by atoms with Gasteiger partial charge in [0.2, 0.25) is 0 Å². The molecule has 1 aromatic carbocycles. The van der Waals surface area contributed by atoms with E-state index in [2.05, 4.69) is 5.16 Å². The predicted molar refractivity (Wildman–Crippen MR) is 79.4 cm³/mol. The molecule has 118 valence electrons. The number of methoxy groups -OCH3 is 1. The molecule has 0 saturated heterocycles. The smallest absolute Gasteiger partial charge is 0.497 e. The summed E-state index contributed by atoms with van der Waals surface area (Å²) >= 11 is 0. The largest absolute Gasteiger partial charge is 0.506 e. The maximum absolute atomic E-state index is 10.8. The van der Waals surface area contributed by atoms with Crippen LogP contribution >= 0.6 is 0 Å². The Morgan fingerprint density at radius 3 is 3.05 bits per heavy atom. The van der Waals surface area contributed by atoms with E-state index in [1.54, 1.807) is 13.3 Å². The first kappa shape index (κ1) is 14.7. The van der Waals surface area contributed by atoms with Crippen LogP contribution in [0.4, 0.5) is 4.79 Å². The lowest BCUT2D eigenvalue weighted by Gasteiger charge is -2.41. The maximum Gasteiger partial charge on any atom is 0.506 e. The average molecular weight is 305 g/mol. The van der Waals surface area contributed by atoms with Gasteiger partial charge in [-0.2, -0.15) is 0 Å². The summed E-state index contributed by atoms with van der Waals surface area (Å²) < 4.78 is 10.3. The van der Waals surface area contributed by atoms with Crippen LogP contribution in [-0.2, 0) is 9.57 Å². The number of oxime groups is 1. The molecule has 1 fully saturated rings. The molecule has 1 N–H and O–H groups in total. The highest BCUT2D eigenvalue weighted by Gasteiger charge is 2.49. The summed E-state index contributed by atoms with van der Waals surface area (Å²) in [6.07, 6.45) is 2.92. The Labute approximate surface area is 128 Å². The van der Waals surface area contributed by atoms with E-state index in [9.17, 15) is 4.79 Å². The highest BCUT2D eigenvalue weighted by molar-refractivity contribution is 5.61. The summed E-state index contributed by atoms with van der Waals surface area (Å²) in [6, 6.07) is 7.80. The van der Waals surface area contributed by atoms with Gasteiger partial charge in [-0.25, -0.2) is 4.79 Å². The van der Waals surface area contributed by atoms with E-state index < -0.39 is 11.8 Å². The minimum atomic E-state index is -1.23. The molecule has 22 heavy (non-hydrogen) atoms. The van der Waals surface area contributed by atoms with Gasteiger partial charge in [-0.1, -0.05) is 17.3 Å². The number of hydrogen-bond donors (Lipinski definition) is 1. The lowest BCUT2D eigenvalue weighted by atomic mass is 9.69. The van der Waals surface area contributed by atoms with Gasteiger partial charge in [-0.05, 0) is 37.0 Å². The van der Waals surface area contributed by atoms with Crippen LogP contribution in [0.2, 0.25) is 0 Å². The summed E-state index contributed by atoms with van der Waals surface area (Å²) in [6.45, 7) is 0. The number of rotatable bonds is 3. The van der Waals surface area contributed by atoms with Crippen LogP contribution in [0.15, 0.2) is 29.4 Å². The van der Waals surface area contributed by atoms with Crippen molar-refractivity contribution in [1.29, 1.82) is 0 Å². The summed E-state index contributed by atoms with van der Waals surface area (Å²) in [5.41, 5.74) is 0.661. The molecule has 3 atom stereocenters. The maximum atomic E-state index is 10.8. The van der Waals surface area contributed by atoms with Crippen LogP contribution in [0.25, 0.3) is 0 Å². The van der Waals surface area contributed by atoms with Crippen molar-refractivity contribution < 1.29 is 24.2 Å². The van der Waals surface area contributed by atoms with Crippen LogP contribution < -0.4 is 4.74 Å². The minimum Gasteiger partial charge on any atom is -0.497 e. The van der Waals surface area contributed by atoms with Crippen LogP contribution in [-0.4, -0.2) is 36.3 Å². The highest BCUT2D eigenvalue weighted by atomic mass is 16.7. The monoisotopic (exact) mass is 305 g/mol. The van der Waals surface area contributed by atoms with Gasteiger partial charge in [-0.15, -0.1) is 0 Å². The molecule has 0 bridgehead atoms. The van der Waals surface area contributed by atoms with Crippen molar-refractivity contribution in [3.05, 3.63) is 29.8 Å². The molecule has 0 amide bonds. The Balaban J connectivity index is 1.88. The van der Waals surface area contributed by atoms with Crippen molar-refractivity contribution in [2.75, 3.05) is 7.11 Å². The number of hydrogen-bond acceptors (Lipinski definition) is 5. The van der Waals surface area contributed by atoms with E-state index in [1.165, 1.54) is 0 Å². The molecular weight excluding hydrogens is 286 g/mol. The van der Waals surface area contributed by atoms with Gasteiger partial charge < -0.3 is 19.4 Å². The van der Waals surface area contributed by atoms with Gasteiger partial charge in [0, 0.05) is 18.6 Å². The molecule has 6 nitrogen and oxygen atoms in total.